The fraction of sp³-hybridized carbons (Fsp3) is 0.214. The van der Waals surface area contributed by atoms with Gasteiger partial charge in [-0.05, 0) is 13.5 Å². The first kappa shape index (κ1) is 11.4. The number of benzene rings is 1. The molecule has 0 spiro atoms. The molecule has 0 saturated heterocycles. The SMILES string of the molecule is Cc1csc2nc(-c3ccccc3)c(CCN)n12. The third-order valence-electron chi connectivity index (χ3n) is 3.06. The van der Waals surface area contributed by atoms with Crippen LogP contribution in [0.25, 0.3) is 16.2 Å². The van der Waals surface area contributed by atoms with Crippen molar-refractivity contribution >= 4 is 16.3 Å². The standard InChI is InChI=1S/C14H15N3S/c1-10-9-18-14-16-13(11-5-3-2-4-6-11)12(7-8-15)17(10)14/h2-6,9H,7-8,15H2,1H3. The van der Waals surface area contributed by atoms with Crippen LogP contribution in [0.2, 0.25) is 0 Å². The van der Waals surface area contributed by atoms with Crippen LogP contribution in [0, 0.1) is 6.92 Å². The average molecular weight is 257 g/mol. The van der Waals surface area contributed by atoms with Crippen molar-refractivity contribution in [3.05, 3.63) is 47.1 Å². The van der Waals surface area contributed by atoms with Crippen molar-refractivity contribution in [1.29, 1.82) is 0 Å². The Bertz CT molecular complexity index is 667. The molecule has 18 heavy (non-hydrogen) atoms. The molecule has 0 radical (unpaired) electrons. The summed E-state index contributed by atoms with van der Waals surface area (Å²) in [5.41, 5.74) is 10.4. The third kappa shape index (κ3) is 1.74. The third-order valence-corrected chi connectivity index (χ3v) is 4.00. The molecule has 0 amide bonds. The molecule has 0 aliphatic rings. The molecule has 0 bridgehead atoms. The molecule has 2 heterocycles. The number of hydrogen-bond acceptors (Lipinski definition) is 3. The molecule has 0 aliphatic heterocycles. The molecule has 1 aromatic carbocycles. The predicted molar refractivity (Wildman–Crippen MR) is 76.0 cm³/mol. The first-order valence-electron chi connectivity index (χ1n) is 6.02. The summed E-state index contributed by atoms with van der Waals surface area (Å²) in [4.78, 5) is 5.80. The quantitative estimate of drug-likeness (QED) is 0.784. The summed E-state index contributed by atoms with van der Waals surface area (Å²) in [5, 5.41) is 2.14. The maximum atomic E-state index is 5.74. The van der Waals surface area contributed by atoms with Gasteiger partial charge in [0.15, 0.2) is 4.96 Å². The fourth-order valence-electron chi connectivity index (χ4n) is 2.26. The lowest BCUT2D eigenvalue weighted by Crippen LogP contribution is -2.06. The van der Waals surface area contributed by atoms with Crippen molar-refractivity contribution in [2.24, 2.45) is 5.73 Å². The highest BCUT2D eigenvalue weighted by Gasteiger charge is 2.15. The number of nitrogens with zero attached hydrogens (tertiary/aromatic N) is 2. The van der Waals surface area contributed by atoms with Crippen LogP contribution in [-0.2, 0) is 6.42 Å². The van der Waals surface area contributed by atoms with Crippen LogP contribution in [0.3, 0.4) is 0 Å². The Morgan fingerprint density at radius 1 is 1.28 bits per heavy atom. The summed E-state index contributed by atoms with van der Waals surface area (Å²) in [6.07, 6.45) is 0.850. The van der Waals surface area contributed by atoms with E-state index in [1.54, 1.807) is 11.3 Å². The summed E-state index contributed by atoms with van der Waals surface area (Å²) in [6, 6.07) is 10.3. The van der Waals surface area contributed by atoms with Gasteiger partial charge in [-0.2, -0.15) is 0 Å². The van der Waals surface area contributed by atoms with E-state index in [1.165, 1.54) is 11.4 Å². The molecule has 92 valence electrons. The highest BCUT2D eigenvalue weighted by atomic mass is 32.1. The number of hydrogen-bond donors (Lipinski definition) is 1. The van der Waals surface area contributed by atoms with Crippen molar-refractivity contribution in [3.8, 4) is 11.3 Å². The number of fused-ring (bicyclic) bond motifs is 1. The predicted octanol–water partition coefficient (Wildman–Crippen LogP) is 2.87. The molecule has 3 aromatic rings. The normalized spacial score (nSPS) is 11.2. The number of aryl methyl sites for hydroxylation is 1. The lowest BCUT2D eigenvalue weighted by molar-refractivity contribution is 0.898. The van der Waals surface area contributed by atoms with Crippen LogP contribution in [-0.4, -0.2) is 15.9 Å². The summed E-state index contributed by atoms with van der Waals surface area (Å²) in [7, 11) is 0. The van der Waals surface area contributed by atoms with E-state index >= 15 is 0 Å². The maximum Gasteiger partial charge on any atom is 0.194 e. The maximum absolute atomic E-state index is 5.74. The van der Waals surface area contributed by atoms with E-state index in [0.717, 1.165) is 22.6 Å². The summed E-state index contributed by atoms with van der Waals surface area (Å²) < 4.78 is 2.22. The molecule has 3 rings (SSSR count). The average Bonchev–Trinajstić information content (AvgIpc) is 2.93. The van der Waals surface area contributed by atoms with Gasteiger partial charge in [0, 0.05) is 23.1 Å². The van der Waals surface area contributed by atoms with Gasteiger partial charge in [-0.3, -0.25) is 4.40 Å². The number of rotatable bonds is 3. The Labute approximate surface area is 110 Å². The molecule has 0 unspecified atom stereocenters. The van der Waals surface area contributed by atoms with Crippen molar-refractivity contribution in [2.45, 2.75) is 13.3 Å². The first-order valence-corrected chi connectivity index (χ1v) is 6.90. The van der Waals surface area contributed by atoms with Gasteiger partial charge < -0.3 is 5.73 Å². The molecule has 2 N–H and O–H groups in total. The minimum atomic E-state index is 0.642. The van der Waals surface area contributed by atoms with Crippen molar-refractivity contribution < 1.29 is 0 Å². The Balaban J connectivity index is 2.25. The molecule has 4 heteroatoms. The molecule has 0 aliphatic carbocycles. The van der Waals surface area contributed by atoms with Crippen LogP contribution in [0.15, 0.2) is 35.7 Å². The van der Waals surface area contributed by atoms with Crippen molar-refractivity contribution in [1.82, 2.24) is 9.38 Å². The van der Waals surface area contributed by atoms with Crippen LogP contribution < -0.4 is 5.73 Å². The van der Waals surface area contributed by atoms with E-state index in [0.29, 0.717) is 6.54 Å². The first-order chi connectivity index (χ1) is 8.81. The molecule has 0 saturated carbocycles. The summed E-state index contributed by atoms with van der Waals surface area (Å²) in [5.74, 6) is 0. The van der Waals surface area contributed by atoms with Gasteiger partial charge in [-0.1, -0.05) is 30.3 Å². The van der Waals surface area contributed by atoms with Crippen molar-refractivity contribution in [2.75, 3.05) is 6.54 Å². The number of imidazole rings is 1. The number of aromatic nitrogens is 2. The monoisotopic (exact) mass is 257 g/mol. The highest BCUT2D eigenvalue weighted by molar-refractivity contribution is 7.15. The molecular weight excluding hydrogens is 242 g/mol. The topological polar surface area (TPSA) is 43.3 Å². The van der Waals surface area contributed by atoms with E-state index in [9.17, 15) is 0 Å². The van der Waals surface area contributed by atoms with E-state index in [1.807, 2.05) is 18.2 Å². The second-order valence-electron chi connectivity index (χ2n) is 4.31. The summed E-state index contributed by atoms with van der Waals surface area (Å²) in [6.45, 7) is 2.75. The zero-order chi connectivity index (χ0) is 12.5. The van der Waals surface area contributed by atoms with E-state index in [-0.39, 0.29) is 0 Å². The van der Waals surface area contributed by atoms with Gasteiger partial charge >= 0.3 is 0 Å². The lowest BCUT2D eigenvalue weighted by Gasteiger charge is -2.04. The van der Waals surface area contributed by atoms with Gasteiger partial charge in [0.25, 0.3) is 0 Å². The highest BCUT2D eigenvalue weighted by Crippen LogP contribution is 2.28. The van der Waals surface area contributed by atoms with Crippen LogP contribution >= 0.6 is 11.3 Å². The molecule has 0 fully saturated rings. The minimum Gasteiger partial charge on any atom is -0.330 e. The van der Waals surface area contributed by atoms with E-state index < -0.39 is 0 Å². The Hall–Kier alpha value is -1.65. The van der Waals surface area contributed by atoms with Gasteiger partial charge in [0.2, 0.25) is 0 Å². The van der Waals surface area contributed by atoms with Gasteiger partial charge in [0.1, 0.15) is 0 Å². The second kappa shape index (κ2) is 4.55. The second-order valence-corrected chi connectivity index (χ2v) is 5.14. The zero-order valence-corrected chi connectivity index (χ0v) is 11.1. The number of thiazole rings is 1. The Morgan fingerprint density at radius 3 is 2.78 bits per heavy atom. The number of nitrogens with two attached hydrogens (primary N) is 1. The zero-order valence-electron chi connectivity index (χ0n) is 10.3. The minimum absolute atomic E-state index is 0.642. The van der Waals surface area contributed by atoms with Gasteiger partial charge in [-0.25, -0.2) is 4.98 Å². The van der Waals surface area contributed by atoms with Crippen LogP contribution in [0.5, 0.6) is 0 Å². The van der Waals surface area contributed by atoms with E-state index in [4.69, 9.17) is 10.7 Å². The largest absolute Gasteiger partial charge is 0.330 e. The Kier molecular flexibility index (Phi) is 2.89. The molecule has 3 nitrogen and oxygen atoms in total. The molecule has 2 aromatic heterocycles. The Morgan fingerprint density at radius 2 is 2.06 bits per heavy atom. The van der Waals surface area contributed by atoms with Crippen LogP contribution in [0.1, 0.15) is 11.4 Å². The molecule has 0 atom stereocenters. The van der Waals surface area contributed by atoms with Crippen LogP contribution in [0.4, 0.5) is 0 Å². The van der Waals surface area contributed by atoms with E-state index in [2.05, 4.69) is 28.8 Å². The lowest BCUT2D eigenvalue weighted by atomic mass is 10.1. The summed E-state index contributed by atoms with van der Waals surface area (Å²) >= 11 is 1.68. The fourth-order valence-corrected chi connectivity index (χ4v) is 3.14. The van der Waals surface area contributed by atoms with Gasteiger partial charge in [0.05, 0.1) is 11.4 Å². The smallest absolute Gasteiger partial charge is 0.194 e. The molecular formula is C14H15N3S. The van der Waals surface area contributed by atoms with Gasteiger partial charge in [-0.15, -0.1) is 11.3 Å². The van der Waals surface area contributed by atoms with Crippen molar-refractivity contribution in [3.63, 3.8) is 0 Å².